The molecule has 3 rings (SSSR count). The van der Waals surface area contributed by atoms with Crippen LogP contribution in [0.5, 0.6) is 0 Å². The average molecular weight is 248 g/mol. The highest BCUT2D eigenvalue weighted by Gasteiger charge is 2.04. The van der Waals surface area contributed by atoms with E-state index in [1.54, 1.807) is 0 Å². The van der Waals surface area contributed by atoms with Crippen LogP contribution in [0, 0.1) is 11.3 Å². The van der Waals surface area contributed by atoms with Crippen molar-refractivity contribution in [2.24, 2.45) is 0 Å². The lowest BCUT2D eigenvalue weighted by atomic mass is 10.1. The summed E-state index contributed by atoms with van der Waals surface area (Å²) in [6.07, 6.45) is 1.97. The van der Waals surface area contributed by atoms with Gasteiger partial charge in [0.2, 0.25) is 0 Å². The van der Waals surface area contributed by atoms with E-state index in [9.17, 15) is 5.11 Å². The van der Waals surface area contributed by atoms with Crippen LogP contribution in [0.15, 0.2) is 54.7 Å². The van der Waals surface area contributed by atoms with Crippen molar-refractivity contribution in [1.82, 2.24) is 4.57 Å². The van der Waals surface area contributed by atoms with Gasteiger partial charge in [-0.2, -0.15) is 5.26 Å². The fraction of sp³-hybridized carbons (Fsp3) is 0.0625. The average Bonchev–Trinajstić information content (AvgIpc) is 2.90. The van der Waals surface area contributed by atoms with Crippen LogP contribution in [0.1, 0.15) is 11.1 Å². The van der Waals surface area contributed by atoms with Gasteiger partial charge in [-0.05, 0) is 35.9 Å². The molecule has 1 N–H and O–H groups in total. The zero-order valence-corrected chi connectivity index (χ0v) is 10.2. The first kappa shape index (κ1) is 11.5. The molecule has 3 aromatic rings. The van der Waals surface area contributed by atoms with E-state index in [4.69, 9.17) is 5.26 Å². The van der Waals surface area contributed by atoms with Crippen LogP contribution >= 0.6 is 0 Å². The summed E-state index contributed by atoms with van der Waals surface area (Å²) < 4.78 is 2.02. The fourth-order valence-electron chi connectivity index (χ4n) is 2.23. The van der Waals surface area contributed by atoms with Crippen molar-refractivity contribution in [3.05, 3.63) is 65.9 Å². The Balaban J connectivity index is 2.21. The van der Waals surface area contributed by atoms with Crippen LogP contribution in [-0.4, -0.2) is 9.67 Å². The van der Waals surface area contributed by atoms with E-state index >= 15 is 0 Å². The van der Waals surface area contributed by atoms with Crippen molar-refractivity contribution in [3.63, 3.8) is 0 Å². The molecule has 0 aliphatic heterocycles. The molecule has 0 aliphatic rings. The SMILES string of the molecule is N#Cc1ccc2ccn(-c3cccc(CO)c3)c2c1. The predicted molar refractivity (Wildman–Crippen MR) is 73.9 cm³/mol. The number of aromatic nitrogens is 1. The molecule has 2 aromatic carbocycles. The van der Waals surface area contributed by atoms with Crippen molar-refractivity contribution in [2.45, 2.75) is 6.61 Å². The monoisotopic (exact) mass is 248 g/mol. The van der Waals surface area contributed by atoms with Crippen molar-refractivity contribution < 1.29 is 5.11 Å². The van der Waals surface area contributed by atoms with Gasteiger partial charge in [0.25, 0.3) is 0 Å². The number of aliphatic hydroxyl groups is 1. The van der Waals surface area contributed by atoms with E-state index in [1.165, 1.54) is 0 Å². The van der Waals surface area contributed by atoms with Gasteiger partial charge in [0.1, 0.15) is 0 Å². The maximum absolute atomic E-state index is 9.20. The van der Waals surface area contributed by atoms with Gasteiger partial charge in [-0.3, -0.25) is 0 Å². The molecule has 19 heavy (non-hydrogen) atoms. The van der Waals surface area contributed by atoms with Gasteiger partial charge in [0, 0.05) is 17.3 Å². The Kier molecular flexibility index (Phi) is 2.79. The smallest absolute Gasteiger partial charge is 0.0992 e. The highest BCUT2D eigenvalue weighted by molar-refractivity contribution is 5.83. The number of rotatable bonds is 2. The molecule has 0 bridgehead atoms. The number of fused-ring (bicyclic) bond motifs is 1. The quantitative estimate of drug-likeness (QED) is 0.758. The maximum Gasteiger partial charge on any atom is 0.0992 e. The van der Waals surface area contributed by atoms with Crippen LogP contribution in [0.25, 0.3) is 16.6 Å². The first-order chi connectivity index (χ1) is 9.31. The Hall–Kier alpha value is -2.57. The van der Waals surface area contributed by atoms with Gasteiger partial charge in [-0.1, -0.05) is 18.2 Å². The summed E-state index contributed by atoms with van der Waals surface area (Å²) in [7, 11) is 0. The number of aliphatic hydroxyl groups excluding tert-OH is 1. The van der Waals surface area contributed by atoms with E-state index in [-0.39, 0.29) is 6.61 Å². The summed E-state index contributed by atoms with van der Waals surface area (Å²) in [5.41, 5.74) is 3.49. The summed E-state index contributed by atoms with van der Waals surface area (Å²) in [5, 5.41) is 19.3. The largest absolute Gasteiger partial charge is 0.392 e. The van der Waals surface area contributed by atoms with Crippen molar-refractivity contribution in [1.29, 1.82) is 5.26 Å². The molecule has 0 amide bonds. The summed E-state index contributed by atoms with van der Waals surface area (Å²) in [6.45, 7) is 0.0243. The fourth-order valence-corrected chi connectivity index (χ4v) is 2.23. The van der Waals surface area contributed by atoms with Crippen molar-refractivity contribution >= 4 is 10.9 Å². The van der Waals surface area contributed by atoms with Crippen LogP contribution in [0.3, 0.4) is 0 Å². The number of nitrogens with zero attached hydrogens (tertiary/aromatic N) is 2. The van der Waals surface area contributed by atoms with Gasteiger partial charge in [-0.25, -0.2) is 0 Å². The molecule has 0 aliphatic carbocycles. The molecular formula is C16H12N2O. The van der Waals surface area contributed by atoms with E-state index in [0.717, 1.165) is 22.2 Å². The summed E-state index contributed by atoms with van der Waals surface area (Å²) in [6, 6.07) is 17.5. The minimum atomic E-state index is 0.0243. The molecule has 1 aromatic heterocycles. The van der Waals surface area contributed by atoms with Gasteiger partial charge in [-0.15, -0.1) is 0 Å². The molecule has 0 atom stereocenters. The molecule has 0 fully saturated rings. The van der Waals surface area contributed by atoms with E-state index in [1.807, 2.05) is 59.3 Å². The van der Waals surface area contributed by atoms with E-state index < -0.39 is 0 Å². The third kappa shape index (κ3) is 1.99. The van der Waals surface area contributed by atoms with Gasteiger partial charge in [0.15, 0.2) is 0 Å². The highest BCUT2D eigenvalue weighted by Crippen LogP contribution is 2.22. The molecule has 0 saturated carbocycles. The lowest BCUT2D eigenvalue weighted by Crippen LogP contribution is -1.94. The van der Waals surface area contributed by atoms with Crippen LogP contribution in [0.4, 0.5) is 0 Å². The lowest BCUT2D eigenvalue weighted by molar-refractivity contribution is 0.282. The van der Waals surface area contributed by atoms with Crippen molar-refractivity contribution in [2.75, 3.05) is 0 Å². The predicted octanol–water partition coefficient (Wildman–Crippen LogP) is 2.99. The van der Waals surface area contributed by atoms with Gasteiger partial charge in [0.05, 0.1) is 23.8 Å². The topological polar surface area (TPSA) is 49.0 Å². The molecule has 0 unspecified atom stereocenters. The zero-order valence-electron chi connectivity index (χ0n) is 10.2. The molecule has 3 heteroatoms. The number of hydrogen-bond donors (Lipinski definition) is 1. The Bertz CT molecular complexity index is 781. The standard InChI is InChI=1S/C16H12N2O/c17-10-12-4-5-14-6-7-18(16(14)9-12)15-3-1-2-13(8-15)11-19/h1-9,19H,11H2. The molecule has 0 spiro atoms. The maximum atomic E-state index is 9.20. The van der Waals surface area contributed by atoms with Crippen LogP contribution in [0.2, 0.25) is 0 Å². The Morgan fingerprint density at radius 3 is 2.79 bits per heavy atom. The van der Waals surface area contributed by atoms with E-state index in [0.29, 0.717) is 5.56 Å². The molecule has 3 nitrogen and oxygen atoms in total. The van der Waals surface area contributed by atoms with Gasteiger partial charge >= 0.3 is 0 Å². The summed E-state index contributed by atoms with van der Waals surface area (Å²) in [4.78, 5) is 0. The van der Waals surface area contributed by atoms with Crippen LogP contribution in [-0.2, 0) is 6.61 Å². The van der Waals surface area contributed by atoms with E-state index in [2.05, 4.69) is 6.07 Å². The molecule has 1 heterocycles. The number of nitriles is 1. The Labute approximate surface area is 111 Å². The molecule has 0 radical (unpaired) electrons. The second-order valence-electron chi connectivity index (χ2n) is 4.40. The molecule has 92 valence electrons. The van der Waals surface area contributed by atoms with Gasteiger partial charge < -0.3 is 9.67 Å². The minimum absolute atomic E-state index is 0.0243. The second kappa shape index (κ2) is 4.60. The lowest BCUT2D eigenvalue weighted by Gasteiger charge is -2.07. The third-order valence-corrected chi connectivity index (χ3v) is 3.19. The normalized spacial score (nSPS) is 10.5. The summed E-state index contributed by atoms with van der Waals surface area (Å²) >= 11 is 0. The number of benzene rings is 2. The second-order valence-corrected chi connectivity index (χ2v) is 4.40. The Morgan fingerprint density at radius 2 is 2.00 bits per heavy atom. The zero-order chi connectivity index (χ0) is 13.2. The minimum Gasteiger partial charge on any atom is -0.392 e. The first-order valence-electron chi connectivity index (χ1n) is 6.03. The van der Waals surface area contributed by atoms with Crippen molar-refractivity contribution in [3.8, 4) is 11.8 Å². The first-order valence-corrected chi connectivity index (χ1v) is 6.03. The Morgan fingerprint density at radius 1 is 1.11 bits per heavy atom. The number of hydrogen-bond acceptors (Lipinski definition) is 2. The third-order valence-electron chi connectivity index (χ3n) is 3.19. The highest BCUT2D eigenvalue weighted by atomic mass is 16.3. The van der Waals surface area contributed by atoms with Crippen LogP contribution < -0.4 is 0 Å². The summed E-state index contributed by atoms with van der Waals surface area (Å²) in [5.74, 6) is 0. The molecular weight excluding hydrogens is 236 g/mol. The molecule has 0 saturated heterocycles.